The zero-order valence-electron chi connectivity index (χ0n) is 18.5. The van der Waals surface area contributed by atoms with Gasteiger partial charge in [0.1, 0.15) is 17.1 Å². The van der Waals surface area contributed by atoms with E-state index in [-0.39, 0.29) is 17.6 Å². The van der Waals surface area contributed by atoms with Crippen LogP contribution in [0.3, 0.4) is 0 Å². The molecule has 1 heterocycles. The maximum atomic E-state index is 13.0. The van der Waals surface area contributed by atoms with Gasteiger partial charge in [-0.2, -0.15) is 0 Å². The summed E-state index contributed by atoms with van der Waals surface area (Å²) in [5.41, 5.74) is 4.16. The van der Waals surface area contributed by atoms with E-state index in [1.165, 1.54) is 5.56 Å². The van der Waals surface area contributed by atoms with Gasteiger partial charge in [-0.25, -0.2) is 0 Å². The predicted molar refractivity (Wildman–Crippen MR) is 117 cm³/mol. The quantitative estimate of drug-likeness (QED) is 0.695. The van der Waals surface area contributed by atoms with Crippen molar-refractivity contribution < 1.29 is 14.3 Å². The van der Waals surface area contributed by atoms with Gasteiger partial charge in [0.15, 0.2) is 6.10 Å². The number of fused-ring (bicyclic) bond motifs is 1. The van der Waals surface area contributed by atoms with Crippen LogP contribution in [-0.2, 0) is 4.79 Å². The number of carbonyl (C=O) groups is 1. The van der Waals surface area contributed by atoms with Crippen LogP contribution < -0.4 is 14.8 Å². The third kappa shape index (κ3) is 4.42. The van der Waals surface area contributed by atoms with Crippen LogP contribution in [0, 0.1) is 20.8 Å². The lowest BCUT2D eigenvalue weighted by Crippen LogP contribution is -2.47. The highest BCUT2D eigenvalue weighted by Crippen LogP contribution is 2.42. The van der Waals surface area contributed by atoms with Crippen LogP contribution in [0.25, 0.3) is 0 Å². The van der Waals surface area contributed by atoms with E-state index in [0.717, 1.165) is 47.5 Å². The minimum atomic E-state index is -0.581. The van der Waals surface area contributed by atoms with Crippen molar-refractivity contribution >= 4 is 5.91 Å². The Morgan fingerprint density at radius 3 is 2.59 bits per heavy atom. The number of rotatable bonds is 6. The molecule has 4 nitrogen and oxygen atoms in total. The standard InChI is InChI=1S/C25H33NO3/c1-7-25(8-2)15-21(20-11-9-10-12-22(20)29-25)26-24(27)19(6)28-23-14-16(3)13-17(4)18(23)5/h9-14,19,21H,7-8,15H2,1-6H3,(H,26,27)/t19-,21+/m0/s1. The Balaban J connectivity index is 1.79. The monoisotopic (exact) mass is 395 g/mol. The van der Waals surface area contributed by atoms with Crippen LogP contribution in [-0.4, -0.2) is 17.6 Å². The molecule has 4 heteroatoms. The van der Waals surface area contributed by atoms with E-state index in [2.05, 4.69) is 32.2 Å². The number of hydrogen-bond acceptors (Lipinski definition) is 3. The van der Waals surface area contributed by atoms with E-state index in [1.807, 2.05) is 51.1 Å². The summed E-state index contributed by atoms with van der Waals surface area (Å²) < 4.78 is 12.4. The Kier molecular flexibility index (Phi) is 6.21. The first kappa shape index (κ1) is 21.2. The fourth-order valence-electron chi connectivity index (χ4n) is 4.09. The van der Waals surface area contributed by atoms with Gasteiger partial charge in [-0.1, -0.05) is 38.1 Å². The van der Waals surface area contributed by atoms with Crippen LogP contribution in [0.4, 0.5) is 0 Å². The Labute approximate surface area is 174 Å². The van der Waals surface area contributed by atoms with E-state index in [9.17, 15) is 4.79 Å². The highest BCUT2D eigenvalue weighted by molar-refractivity contribution is 5.81. The van der Waals surface area contributed by atoms with Crippen LogP contribution in [0.2, 0.25) is 0 Å². The Morgan fingerprint density at radius 2 is 1.90 bits per heavy atom. The fourth-order valence-corrected chi connectivity index (χ4v) is 4.09. The lowest BCUT2D eigenvalue weighted by atomic mass is 9.83. The second-order valence-electron chi connectivity index (χ2n) is 8.26. The molecule has 0 aromatic heterocycles. The summed E-state index contributed by atoms with van der Waals surface area (Å²) in [6.45, 7) is 12.2. The summed E-state index contributed by atoms with van der Waals surface area (Å²) >= 11 is 0. The van der Waals surface area contributed by atoms with Gasteiger partial charge in [0, 0.05) is 12.0 Å². The molecule has 1 N–H and O–H groups in total. The molecular weight excluding hydrogens is 362 g/mol. The van der Waals surface area contributed by atoms with Crippen molar-refractivity contribution in [3.8, 4) is 11.5 Å². The normalized spacial score (nSPS) is 18.3. The molecule has 0 unspecified atom stereocenters. The topological polar surface area (TPSA) is 47.6 Å². The van der Waals surface area contributed by atoms with Crippen molar-refractivity contribution in [3.63, 3.8) is 0 Å². The number of para-hydroxylation sites is 1. The minimum Gasteiger partial charge on any atom is -0.487 e. The zero-order chi connectivity index (χ0) is 21.2. The molecule has 1 aliphatic rings. The summed E-state index contributed by atoms with van der Waals surface area (Å²) in [4.78, 5) is 13.0. The predicted octanol–water partition coefficient (Wildman–Crippen LogP) is 5.58. The molecule has 0 saturated heterocycles. The minimum absolute atomic E-state index is 0.0845. The molecule has 1 amide bonds. The lowest BCUT2D eigenvalue weighted by molar-refractivity contribution is -0.128. The van der Waals surface area contributed by atoms with Crippen LogP contribution in [0.5, 0.6) is 11.5 Å². The van der Waals surface area contributed by atoms with Gasteiger partial charge >= 0.3 is 0 Å². The second-order valence-corrected chi connectivity index (χ2v) is 8.26. The average molecular weight is 396 g/mol. The number of nitrogens with one attached hydrogen (secondary N) is 1. The molecule has 1 aliphatic heterocycles. The number of benzene rings is 2. The Morgan fingerprint density at radius 1 is 1.21 bits per heavy atom. The summed E-state index contributed by atoms with van der Waals surface area (Å²) in [5, 5.41) is 3.22. The van der Waals surface area contributed by atoms with Crippen LogP contribution >= 0.6 is 0 Å². The molecule has 0 bridgehead atoms. The molecule has 0 radical (unpaired) electrons. The molecule has 29 heavy (non-hydrogen) atoms. The van der Waals surface area contributed by atoms with E-state index in [4.69, 9.17) is 9.47 Å². The molecule has 2 aromatic rings. The zero-order valence-corrected chi connectivity index (χ0v) is 18.5. The number of aryl methyl sites for hydroxylation is 2. The van der Waals surface area contributed by atoms with E-state index in [1.54, 1.807) is 0 Å². The molecule has 0 aliphatic carbocycles. The van der Waals surface area contributed by atoms with Gasteiger partial charge in [-0.05, 0) is 69.4 Å². The molecule has 156 valence electrons. The highest BCUT2D eigenvalue weighted by Gasteiger charge is 2.39. The van der Waals surface area contributed by atoms with Crippen LogP contribution in [0.15, 0.2) is 36.4 Å². The van der Waals surface area contributed by atoms with Crippen molar-refractivity contribution in [3.05, 3.63) is 58.7 Å². The van der Waals surface area contributed by atoms with Gasteiger partial charge in [0.2, 0.25) is 0 Å². The molecule has 0 fully saturated rings. The van der Waals surface area contributed by atoms with Gasteiger partial charge in [0.25, 0.3) is 5.91 Å². The molecule has 0 saturated carbocycles. The maximum absolute atomic E-state index is 13.0. The molecular formula is C25H33NO3. The van der Waals surface area contributed by atoms with Crippen molar-refractivity contribution in [2.45, 2.75) is 78.6 Å². The van der Waals surface area contributed by atoms with Gasteiger partial charge in [0.05, 0.1) is 6.04 Å². The van der Waals surface area contributed by atoms with Crippen molar-refractivity contribution in [2.75, 3.05) is 0 Å². The fraction of sp³-hybridized carbons (Fsp3) is 0.480. The molecule has 2 aromatic carbocycles. The molecule has 2 atom stereocenters. The van der Waals surface area contributed by atoms with Crippen molar-refractivity contribution in [1.82, 2.24) is 5.32 Å². The lowest BCUT2D eigenvalue weighted by Gasteiger charge is -2.42. The summed E-state index contributed by atoms with van der Waals surface area (Å²) in [7, 11) is 0. The molecule has 0 spiro atoms. The van der Waals surface area contributed by atoms with E-state index >= 15 is 0 Å². The first-order chi connectivity index (χ1) is 13.8. The number of hydrogen-bond donors (Lipinski definition) is 1. The largest absolute Gasteiger partial charge is 0.487 e. The Bertz CT molecular complexity index is 886. The van der Waals surface area contributed by atoms with Crippen LogP contribution in [0.1, 0.15) is 68.3 Å². The van der Waals surface area contributed by atoms with Gasteiger partial charge in [-0.15, -0.1) is 0 Å². The molecule has 3 rings (SSSR count). The Hall–Kier alpha value is -2.49. The first-order valence-electron chi connectivity index (χ1n) is 10.6. The summed E-state index contributed by atoms with van der Waals surface area (Å²) in [6.07, 6.45) is 1.98. The van der Waals surface area contributed by atoms with Gasteiger partial charge < -0.3 is 14.8 Å². The number of carbonyl (C=O) groups excluding carboxylic acids is 1. The first-order valence-corrected chi connectivity index (χ1v) is 10.6. The summed E-state index contributed by atoms with van der Waals surface area (Å²) in [6, 6.07) is 12.0. The van der Waals surface area contributed by atoms with E-state index < -0.39 is 6.10 Å². The van der Waals surface area contributed by atoms with E-state index in [0.29, 0.717) is 0 Å². The third-order valence-electron chi connectivity index (χ3n) is 6.24. The maximum Gasteiger partial charge on any atom is 0.261 e. The second kappa shape index (κ2) is 8.48. The van der Waals surface area contributed by atoms with Crippen molar-refractivity contribution in [1.29, 1.82) is 0 Å². The highest BCUT2D eigenvalue weighted by atomic mass is 16.5. The summed E-state index contributed by atoms with van der Waals surface area (Å²) in [5.74, 6) is 1.53. The van der Waals surface area contributed by atoms with Crippen molar-refractivity contribution in [2.24, 2.45) is 0 Å². The van der Waals surface area contributed by atoms with Gasteiger partial charge in [-0.3, -0.25) is 4.79 Å². The smallest absolute Gasteiger partial charge is 0.261 e. The average Bonchev–Trinajstić information content (AvgIpc) is 2.71. The number of ether oxygens (including phenoxy) is 2. The number of amides is 1. The SMILES string of the molecule is CCC1(CC)C[C@@H](NC(=O)[C@H](C)Oc2cc(C)cc(C)c2C)c2ccccc2O1. The third-order valence-corrected chi connectivity index (χ3v) is 6.24.